The summed E-state index contributed by atoms with van der Waals surface area (Å²) >= 11 is 0. The Morgan fingerprint density at radius 2 is 1.55 bits per heavy atom. The third-order valence-corrected chi connectivity index (χ3v) is 8.93. The second kappa shape index (κ2) is 11.0. The molecular formula is C29H30FN3O4S. The first-order chi connectivity index (χ1) is 18.3. The summed E-state index contributed by atoms with van der Waals surface area (Å²) < 4.78 is 42.9. The summed E-state index contributed by atoms with van der Waals surface area (Å²) in [6.45, 7) is 0.396. The highest BCUT2D eigenvalue weighted by Crippen LogP contribution is 2.31. The van der Waals surface area contributed by atoms with Gasteiger partial charge in [-0.15, -0.1) is 0 Å². The molecule has 1 heterocycles. The van der Waals surface area contributed by atoms with Gasteiger partial charge < -0.3 is 10.2 Å². The number of hydrogen-bond donors (Lipinski definition) is 2. The van der Waals surface area contributed by atoms with Crippen molar-refractivity contribution in [1.82, 2.24) is 14.9 Å². The van der Waals surface area contributed by atoms with Crippen LogP contribution in [0.25, 0.3) is 11.1 Å². The number of hydrogen-bond acceptors (Lipinski definition) is 4. The monoisotopic (exact) mass is 535 g/mol. The van der Waals surface area contributed by atoms with E-state index in [-0.39, 0.29) is 47.1 Å². The van der Waals surface area contributed by atoms with E-state index in [9.17, 15) is 22.4 Å². The summed E-state index contributed by atoms with van der Waals surface area (Å²) in [4.78, 5) is 27.3. The van der Waals surface area contributed by atoms with Crippen LogP contribution in [0.1, 0.15) is 37.3 Å². The molecule has 3 aromatic rings. The van der Waals surface area contributed by atoms with E-state index in [0.29, 0.717) is 43.4 Å². The topological polar surface area (TPSA) is 95.6 Å². The Balaban J connectivity index is 1.21. The van der Waals surface area contributed by atoms with E-state index in [2.05, 4.69) is 10.0 Å². The van der Waals surface area contributed by atoms with Gasteiger partial charge in [-0.1, -0.05) is 60.7 Å². The Bertz CT molecular complexity index is 1410. The van der Waals surface area contributed by atoms with Gasteiger partial charge in [0.05, 0.1) is 10.9 Å². The number of rotatable bonds is 6. The fourth-order valence-corrected chi connectivity index (χ4v) is 6.64. The minimum Gasteiger partial charge on any atom is -0.352 e. The van der Waals surface area contributed by atoms with Gasteiger partial charge in [0, 0.05) is 24.1 Å². The minimum absolute atomic E-state index is 0.0217. The highest BCUT2D eigenvalue weighted by Gasteiger charge is 2.37. The third kappa shape index (κ3) is 5.63. The molecule has 0 unspecified atom stereocenters. The molecule has 2 fully saturated rings. The van der Waals surface area contributed by atoms with Crippen molar-refractivity contribution < 1.29 is 22.4 Å². The molecule has 9 heteroatoms. The van der Waals surface area contributed by atoms with Crippen LogP contribution in [0, 0.1) is 11.7 Å². The number of sulfonamides is 1. The van der Waals surface area contributed by atoms with Crippen molar-refractivity contribution in [3.8, 4) is 11.1 Å². The van der Waals surface area contributed by atoms with E-state index in [1.807, 2.05) is 30.3 Å². The highest BCUT2D eigenvalue weighted by molar-refractivity contribution is 7.89. The van der Waals surface area contributed by atoms with Gasteiger partial charge in [0.25, 0.3) is 0 Å². The summed E-state index contributed by atoms with van der Waals surface area (Å²) in [5.74, 6) is -0.854. The Morgan fingerprint density at radius 3 is 2.24 bits per heavy atom. The molecule has 1 aliphatic heterocycles. The van der Waals surface area contributed by atoms with Gasteiger partial charge in [0.15, 0.2) is 0 Å². The van der Waals surface area contributed by atoms with E-state index >= 15 is 0 Å². The molecule has 198 valence electrons. The van der Waals surface area contributed by atoms with Crippen molar-refractivity contribution >= 4 is 21.8 Å². The summed E-state index contributed by atoms with van der Waals surface area (Å²) in [6.07, 6.45) is 2.13. The molecule has 3 aromatic carbocycles. The van der Waals surface area contributed by atoms with E-state index in [1.165, 1.54) is 18.2 Å². The summed E-state index contributed by atoms with van der Waals surface area (Å²) in [5.41, 5.74) is 1.98. The van der Waals surface area contributed by atoms with Crippen LogP contribution in [0.3, 0.4) is 0 Å². The summed E-state index contributed by atoms with van der Waals surface area (Å²) in [6, 6.07) is 21.6. The maximum absolute atomic E-state index is 14.1. The Labute approximate surface area is 222 Å². The SMILES string of the molecule is O=C1CN(C(=O)C2CCC(NS(=O)(=O)c3ccc(-c4ccccc4F)cc3)CC2)[C@@H](c2ccccc2)CN1. The molecule has 2 N–H and O–H groups in total. The quantitative estimate of drug-likeness (QED) is 0.498. The number of carbonyl (C=O) groups excluding carboxylic acids is 2. The molecule has 1 aliphatic carbocycles. The van der Waals surface area contributed by atoms with Gasteiger partial charge in [0.1, 0.15) is 12.4 Å². The Morgan fingerprint density at radius 1 is 0.895 bits per heavy atom. The van der Waals surface area contributed by atoms with Crippen LogP contribution in [0.15, 0.2) is 83.8 Å². The second-order valence-corrected chi connectivity index (χ2v) is 11.6. The molecule has 1 atom stereocenters. The lowest BCUT2D eigenvalue weighted by molar-refractivity contribution is -0.145. The predicted octanol–water partition coefficient (Wildman–Crippen LogP) is 4.03. The molecule has 2 aliphatic rings. The van der Waals surface area contributed by atoms with Crippen molar-refractivity contribution in [2.75, 3.05) is 13.1 Å². The van der Waals surface area contributed by atoms with Crippen LogP contribution in [0.2, 0.25) is 0 Å². The second-order valence-electron chi connectivity index (χ2n) is 9.87. The zero-order valence-corrected chi connectivity index (χ0v) is 21.7. The van der Waals surface area contributed by atoms with Gasteiger partial charge in [-0.3, -0.25) is 9.59 Å². The number of halogens is 1. The van der Waals surface area contributed by atoms with Crippen molar-refractivity contribution in [3.63, 3.8) is 0 Å². The van der Waals surface area contributed by atoms with Crippen molar-refractivity contribution in [1.29, 1.82) is 0 Å². The molecule has 0 aromatic heterocycles. The van der Waals surface area contributed by atoms with Crippen LogP contribution in [-0.2, 0) is 19.6 Å². The van der Waals surface area contributed by atoms with Crippen LogP contribution < -0.4 is 10.0 Å². The summed E-state index contributed by atoms with van der Waals surface area (Å²) in [5, 5.41) is 2.85. The normalized spacial score (nSPS) is 22.1. The molecule has 38 heavy (non-hydrogen) atoms. The number of carbonyl (C=O) groups is 2. The molecule has 1 saturated carbocycles. The van der Waals surface area contributed by atoms with Gasteiger partial charge in [-0.05, 0) is 55.0 Å². The van der Waals surface area contributed by atoms with Crippen LogP contribution in [0.5, 0.6) is 0 Å². The number of piperazine rings is 1. The number of amides is 2. The van der Waals surface area contributed by atoms with Crippen molar-refractivity contribution in [2.24, 2.45) is 5.92 Å². The van der Waals surface area contributed by atoms with E-state index in [1.54, 1.807) is 35.2 Å². The number of nitrogens with zero attached hydrogens (tertiary/aromatic N) is 1. The van der Waals surface area contributed by atoms with Gasteiger partial charge in [-0.25, -0.2) is 17.5 Å². The Kier molecular flexibility index (Phi) is 7.58. The average molecular weight is 536 g/mol. The van der Waals surface area contributed by atoms with Gasteiger partial charge in [0.2, 0.25) is 21.8 Å². The molecule has 0 radical (unpaired) electrons. The van der Waals surface area contributed by atoms with E-state index in [0.717, 1.165) is 5.56 Å². The van der Waals surface area contributed by atoms with Gasteiger partial charge in [-0.2, -0.15) is 0 Å². The molecule has 0 bridgehead atoms. The largest absolute Gasteiger partial charge is 0.352 e. The zero-order valence-electron chi connectivity index (χ0n) is 20.8. The smallest absolute Gasteiger partial charge is 0.240 e. The van der Waals surface area contributed by atoms with E-state index < -0.39 is 10.0 Å². The van der Waals surface area contributed by atoms with Crippen molar-refractivity contribution in [3.05, 3.63) is 90.2 Å². The lowest BCUT2D eigenvalue weighted by atomic mass is 9.85. The molecule has 5 rings (SSSR count). The van der Waals surface area contributed by atoms with Crippen molar-refractivity contribution in [2.45, 2.75) is 42.7 Å². The fourth-order valence-electron chi connectivity index (χ4n) is 5.34. The fraction of sp³-hybridized carbons (Fsp3) is 0.310. The standard InChI is InChI=1S/C29H30FN3O4S/c30-26-9-5-4-8-25(26)20-12-16-24(17-13-20)38(36,37)32-23-14-10-22(11-15-23)29(35)33-19-28(34)31-18-27(33)21-6-2-1-3-7-21/h1-9,12-13,16-17,22-23,27,32H,10-11,14-15,18-19H2,(H,31,34)/t22?,23?,27-/m1/s1. The van der Waals surface area contributed by atoms with Gasteiger partial charge >= 0.3 is 0 Å². The minimum atomic E-state index is -3.77. The van der Waals surface area contributed by atoms with Crippen LogP contribution >= 0.6 is 0 Å². The number of nitrogens with one attached hydrogen (secondary N) is 2. The first-order valence-corrected chi connectivity index (χ1v) is 14.3. The average Bonchev–Trinajstić information content (AvgIpc) is 2.94. The maximum atomic E-state index is 14.1. The van der Waals surface area contributed by atoms with E-state index in [4.69, 9.17) is 0 Å². The Hall–Kier alpha value is -3.56. The zero-order chi connectivity index (χ0) is 26.7. The first kappa shape index (κ1) is 26.1. The molecule has 7 nitrogen and oxygen atoms in total. The van der Waals surface area contributed by atoms with Crippen LogP contribution in [-0.4, -0.2) is 44.3 Å². The highest BCUT2D eigenvalue weighted by atomic mass is 32.2. The van der Waals surface area contributed by atoms with Crippen LogP contribution in [0.4, 0.5) is 4.39 Å². The maximum Gasteiger partial charge on any atom is 0.240 e. The molecular weight excluding hydrogens is 505 g/mol. The number of benzene rings is 3. The lowest BCUT2D eigenvalue weighted by Crippen LogP contribution is -2.54. The lowest BCUT2D eigenvalue weighted by Gasteiger charge is -2.39. The molecule has 2 amide bonds. The third-order valence-electron chi connectivity index (χ3n) is 7.40. The summed E-state index contributed by atoms with van der Waals surface area (Å²) in [7, 11) is -3.77. The predicted molar refractivity (Wildman–Crippen MR) is 142 cm³/mol. The molecule has 0 spiro atoms. The molecule has 1 saturated heterocycles. The first-order valence-electron chi connectivity index (χ1n) is 12.8.